The summed E-state index contributed by atoms with van der Waals surface area (Å²) in [5, 5.41) is 1.16. The van der Waals surface area contributed by atoms with Crippen molar-refractivity contribution in [3.05, 3.63) is 185 Å². The molecule has 0 unspecified atom stereocenters. The van der Waals surface area contributed by atoms with Gasteiger partial charge in [-0.15, -0.1) is 47.5 Å². The molecule has 4 heterocycles. The van der Waals surface area contributed by atoms with E-state index in [0.717, 1.165) is 11.1 Å². The molecule has 0 bridgehead atoms. The fourth-order valence-electron chi connectivity index (χ4n) is 7.04. The van der Waals surface area contributed by atoms with Gasteiger partial charge in [0.25, 0.3) is 0 Å². The molecular weight excluding hydrogens is 923 g/mol. The van der Waals surface area contributed by atoms with Crippen molar-refractivity contribution in [2.75, 3.05) is 0 Å². The molecule has 0 aliphatic carbocycles. The quantitative estimate of drug-likeness (QED) is 0.156. The van der Waals surface area contributed by atoms with E-state index in [9.17, 15) is 0 Å². The van der Waals surface area contributed by atoms with Crippen LogP contribution in [0.2, 0.25) is 0 Å². The Kier molecular flexibility index (Phi) is 7.74. The first-order chi connectivity index (χ1) is 35.6. The van der Waals surface area contributed by atoms with Crippen LogP contribution in [-0.4, -0.2) is 15.0 Å². The van der Waals surface area contributed by atoms with Gasteiger partial charge in [0.2, 0.25) is 5.71 Å². The van der Waals surface area contributed by atoms with Crippen molar-refractivity contribution in [1.29, 1.82) is 0 Å². The minimum Gasteiger partial charge on any atom is -0.486 e. The molecule has 4 nitrogen and oxygen atoms in total. The van der Waals surface area contributed by atoms with Crippen LogP contribution in [0.25, 0.3) is 78.0 Å². The second-order valence-corrected chi connectivity index (χ2v) is 15.5. The average Bonchev–Trinajstić information content (AvgIpc) is 3.74. The summed E-state index contributed by atoms with van der Waals surface area (Å²) in [6, 6.07) is 39.5. The van der Waals surface area contributed by atoms with E-state index in [2.05, 4.69) is 27.1 Å². The molecule has 0 fully saturated rings. The summed E-state index contributed by atoms with van der Waals surface area (Å²) in [6.45, 7) is -5.23. The number of benzene rings is 5. The zero-order valence-corrected chi connectivity index (χ0v) is 36.2. The molecule has 5 heteroatoms. The summed E-state index contributed by atoms with van der Waals surface area (Å²) in [5.74, 6) is 0. The van der Waals surface area contributed by atoms with E-state index < -0.39 is 46.0 Å². The maximum absolute atomic E-state index is 8.41. The van der Waals surface area contributed by atoms with Gasteiger partial charge in [-0.1, -0.05) is 135 Å². The largest absolute Gasteiger partial charge is 0.486 e. The normalized spacial score (nSPS) is 16.7. The van der Waals surface area contributed by atoms with Gasteiger partial charge in [-0.3, -0.25) is 0 Å². The topological polar surface area (TPSA) is 51.8 Å². The number of fused-ring (bicyclic) bond motifs is 3. The van der Waals surface area contributed by atoms with Gasteiger partial charge < -0.3 is 14.4 Å². The third-order valence-electron chi connectivity index (χ3n) is 9.85. The molecule has 61 heavy (non-hydrogen) atoms. The van der Waals surface area contributed by atoms with Gasteiger partial charge in [0.05, 0.1) is 5.58 Å². The summed E-state index contributed by atoms with van der Waals surface area (Å²) in [5.41, 5.74) is 5.01. The molecule has 4 aromatic heterocycles. The van der Waals surface area contributed by atoms with Crippen molar-refractivity contribution in [1.82, 2.24) is 15.0 Å². The van der Waals surface area contributed by atoms with E-state index in [1.807, 2.05) is 51.1 Å². The Balaban J connectivity index is 0.000000252. The monoisotopic (exact) mass is 991 g/mol. The second kappa shape index (κ2) is 17.9. The van der Waals surface area contributed by atoms with Crippen molar-refractivity contribution in [2.45, 2.75) is 68.3 Å². The summed E-state index contributed by atoms with van der Waals surface area (Å²) in [4.78, 5) is 13.1. The van der Waals surface area contributed by atoms with E-state index in [0.29, 0.717) is 49.8 Å². The summed E-state index contributed by atoms with van der Waals surface area (Å²) in [7, 11) is 0. The maximum atomic E-state index is 8.41. The minimum absolute atomic E-state index is 0. The number of aryl methyl sites for hydroxylation is 6. The number of pyridine rings is 3. The number of aromatic nitrogens is 3. The minimum atomic E-state index is -2.72. The van der Waals surface area contributed by atoms with Gasteiger partial charge in [0.1, 0.15) is 0 Å². The molecule has 0 atom stereocenters. The predicted molar refractivity (Wildman–Crippen MR) is 250 cm³/mol. The smallest absolute Gasteiger partial charge is 0.216 e. The molecule has 0 aliphatic rings. The fourth-order valence-corrected chi connectivity index (χ4v) is 7.04. The van der Waals surface area contributed by atoms with E-state index in [1.54, 1.807) is 73.8 Å². The molecule has 0 saturated heterocycles. The van der Waals surface area contributed by atoms with Gasteiger partial charge in [-0.05, 0) is 120 Å². The average molecular weight is 991 g/mol. The van der Waals surface area contributed by atoms with Crippen molar-refractivity contribution >= 4 is 22.1 Å². The third kappa shape index (κ3) is 9.50. The van der Waals surface area contributed by atoms with Crippen LogP contribution in [0.15, 0.2) is 138 Å². The van der Waals surface area contributed by atoms with Gasteiger partial charge in [-0.25, -0.2) is 4.98 Å². The maximum Gasteiger partial charge on any atom is 0.216 e. The number of hydrogen-bond donors (Lipinski definition) is 0. The van der Waals surface area contributed by atoms with Crippen LogP contribution in [0, 0.1) is 58.7 Å². The predicted octanol–water partition coefficient (Wildman–Crippen LogP) is 14.8. The van der Waals surface area contributed by atoms with E-state index in [4.69, 9.17) is 27.7 Å². The van der Waals surface area contributed by atoms with Gasteiger partial charge in [-0.2, -0.15) is 0 Å². The zero-order chi connectivity index (χ0) is 56.4. The van der Waals surface area contributed by atoms with E-state index in [-0.39, 0.29) is 76.2 Å². The Labute approximate surface area is 398 Å². The van der Waals surface area contributed by atoms with Crippen LogP contribution in [0.5, 0.6) is 0 Å². The van der Waals surface area contributed by atoms with Crippen LogP contribution >= 0.6 is 0 Å². The number of rotatable bonds is 6. The van der Waals surface area contributed by atoms with Crippen LogP contribution in [-0.2, 0) is 26.5 Å². The molecule has 0 spiro atoms. The van der Waals surface area contributed by atoms with Crippen molar-refractivity contribution in [3.63, 3.8) is 0 Å². The van der Waals surface area contributed by atoms with Crippen molar-refractivity contribution in [2.24, 2.45) is 5.41 Å². The SMILES string of the molecule is [2H]C([2H])([2H])c1c[c-]c(-c2ccc(C([2H])([2H])C(C)(C)C)cn2)cc1-c1ccccc1.[2H]C([2H])([2H])c1ccc2c(n1)oc1c(-c3cc(-c4ccc(-c5ccc(C)cc5C([2H])([2H])[2H])cc4C([2H])([2H])[2H])c(C([2H])([2H])[2H])cn3)[c-]ccc12.[Ir]. The Morgan fingerprint density at radius 2 is 1.43 bits per heavy atom. The van der Waals surface area contributed by atoms with Crippen LogP contribution in [0.4, 0.5) is 0 Å². The molecule has 0 N–H and O–H groups in total. The van der Waals surface area contributed by atoms with Crippen LogP contribution < -0.4 is 0 Å². The molecular formula is C56H51IrN3O-2. The molecule has 9 rings (SSSR count). The van der Waals surface area contributed by atoms with Crippen LogP contribution in [0.3, 0.4) is 0 Å². The fraction of sp³-hybridized carbons (Fsp3) is 0.196. The number of nitrogens with zero attached hydrogens (tertiary/aromatic N) is 3. The number of furan rings is 1. The number of hydrogen-bond acceptors (Lipinski definition) is 4. The molecule has 307 valence electrons. The molecule has 1 radical (unpaired) electrons. The Bertz CT molecular complexity index is 3650. The van der Waals surface area contributed by atoms with Gasteiger partial charge >= 0.3 is 0 Å². The van der Waals surface area contributed by atoms with Crippen LogP contribution in [0.1, 0.15) is 83.1 Å². The molecule has 0 saturated carbocycles. The second-order valence-electron chi connectivity index (χ2n) is 15.5. The molecule has 5 aromatic carbocycles. The van der Waals surface area contributed by atoms with Gasteiger partial charge in [0, 0.05) is 66.9 Å². The zero-order valence-electron chi connectivity index (χ0n) is 50.8. The molecule has 0 amide bonds. The van der Waals surface area contributed by atoms with E-state index >= 15 is 0 Å². The first-order valence-electron chi connectivity index (χ1n) is 27.7. The Morgan fingerprint density at radius 3 is 2.18 bits per heavy atom. The van der Waals surface area contributed by atoms with E-state index in [1.165, 1.54) is 36.5 Å². The van der Waals surface area contributed by atoms with Crippen molar-refractivity contribution < 1.29 is 47.8 Å². The third-order valence-corrected chi connectivity index (χ3v) is 9.85. The first kappa shape index (κ1) is 26.4. The Hall–Kier alpha value is -6.00. The molecule has 0 aliphatic heterocycles. The molecule has 9 aromatic rings. The Morgan fingerprint density at radius 1 is 0.639 bits per heavy atom. The summed E-state index contributed by atoms with van der Waals surface area (Å²) >= 11 is 0. The standard InChI is InChI=1S/C33H27N2O.C23H24N.Ir/c1-19-9-12-25(20(2)15-19)24-11-14-26(21(3)16-24)30-17-31(34-18-22(30)4)29-8-6-7-27-28-13-10-23(5)35-33(28)36-32(27)29;1-17-10-12-20(14-21(17)19-8-6-5-7-9-19)22-13-11-18(16-24-22)15-23(2,3)4;/h6-7,9-18H,1-5H3;5-11,13-14,16H,15H2,1-4H3;/q2*-1;/i2D3,3D3,4D3,5D3;1D3,15D2;. The van der Waals surface area contributed by atoms with Gasteiger partial charge in [0.15, 0.2) is 0 Å². The summed E-state index contributed by atoms with van der Waals surface area (Å²) in [6.07, 6.45) is 1.19. The first-order valence-corrected chi connectivity index (χ1v) is 19.2. The van der Waals surface area contributed by atoms with Crippen molar-refractivity contribution in [3.8, 4) is 55.9 Å². The summed E-state index contributed by atoms with van der Waals surface area (Å²) < 4.78 is 144.